The van der Waals surface area contributed by atoms with Crippen molar-refractivity contribution in [2.75, 3.05) is 6.61 Å². The number of carboxylic acid groups (broad SMARTS) is 1. The van der Waals surface area contributed by atoms with E-state index in [-0.39, 0.29) is 12.5 Å². The molecule has 2 aromatic rings. The number of benzene rings is 2. The van der Waals surface area contributed by atoms with Gasteiger partial charge in [-0.25, -0.2) is 10.3 Å². The van der Waals surface area contributed by atoms with Crippen molar-refractivity contribution in [1.82, 2.24) is 5.48 Å². The largest absolute Gasteiger partial charge is 0.482 e. The van der Waals surface area contributed by atoms with Gasteiger partial charge in [0, 0.05) is 22.8 Å². The molecular formula is C30H29NO4. The first kappa shape index (κ1) is 22.8. The van der Waals surface area contributed by atoms with Crippen LogP contribution in [0.25, 0.3) is 11.8 Å². The zero-order valence-corrected chi connectivity index (χ0v) is 19.7. The number of carbonyl (C=O) groups is 1. The Morgan fingerprint density at radius 1 is 1.11 bits per heavy atom. The molecule has 0 saturated heterocycles. The Labute approximate surface area is 205 Å². The minimum absolute atomic E-state index is 0.181. The lowest BCUT2D eigenvalue weighted by Gasteiger charge is -2.25. The van der Waals surface area contributed by atoms with E-state index >= 15 is 0 Å². The zero-order valence-electron chi connectivity index (χ0n) is 19.7. The van der Waals surface area contributed by atoms with Crippen molar-refractivity contribution in [3.05, 3.63) is 112 Å². The molecule has 0 radical (unpaired) electrons. The third kappa shape index (κ3) is 5.09. The predicted octanol–water partition coefficient (Wildman–Crippen LogP) is 5.86. The average molecular weight is 468 g/mol. The summed E-state index contributed by atoms with van der Waals surface area (Å²) in [6.07, 6.45) is 17.7. The van der Waals surface area contributed by atoms with Crippen LogP contribution in [0.2, 0.25) is 0 Å². The number of carboxylic acids is 1. The van der Waals surface area contributed by atoms with E-state index in [4.69, 9.17) is 14.7 Å². The molecular weight excluding hydrogens is 438 g/mol. The van der Waals surface area contributed by atoms with Crippen LogP contribution in [0, 0.1) is 11.8 Å². The monoisotopic (exact) mass is 467 g/mol. The van der Waals surface area contributed by atoms with E-state index in [0.29, 0.717) is 11.7 Å². The van der Waals surface area contributed by atoms with Gasteiger partial charge in [0.1, 0.15) is 5.75 Å². The molecule has 178 valence electrons. The molecule has 0 amide bonds. The van der Waals surface area contributed by atoms with Crippen LogP contribution in [0.3, 0.4) is 0 Å². The molecule has 0 heterocycles. The Bertz CT molecular complexity index is 1280. The maximum Gasteiger partial charge on any atom is 0.341 e. The third-order valence-corrected chi connectivity index (χ3v) is 6.64. The van der Waals surface area contributed by atoms with Gasteiger partial charge in [0.15, 0.2) is 12.4 Å². The molecule has 3 aliphatic rings. The fraction of sp³-hybridized carbons (Fsp3) is 0.233. The highest BCUT2D eigenvalue weighted by Crippen LogP contribution is 2.36. The Hall–Kier alpha value is -3.99. The van der Waals surface area contributed by atoms with Crippen LogP contribution in [0.5, 0.6) is 5.75 Å². The highest BCUT2D eigenvalue weighted by atomic mass is 16.6. The second-order valence-electron chi connectivity index (χ2n) is 9.13. The van der Waals surface area contributed by atoms with Crippen LogP contribution in [0.1, 0.15) is 35.6 Å². The lowest BCUT2D eigenvalue weighted by atomic mass is 9.83. The molecule has 0 fully saturated rings. The van der Waals surface area contributed by atoms with Gasteiger partial charge in [-0.05, 0) is 54.9 Å². The molecule has 2 unspecified atom stereocenters. The number of hydroxylamine groups is 1. The lowest BCUT2D eigenvalue weighted by Crippen LogP contribution is -2.18. The van der Waals surface area contributed by atoms with Gasteiger partial charge in [0.2, 0.25) is 0 Å². The summed E-state index contributed by atoms with van der Waals surface area (Å²) in [6, 6.07) is 14.2. The summed E-state index contributed by atoms with van der Waals surface area (Å²) in [5.74, 6) is 1.11. The molecule has 35 heavy (non-hydrogen) atoms. The van der Waals surface area contributed by atoms with Crippen molar-refractivity contribution >= 4 is 17.8 Å². The number of aliphatic carboxylic acids is 1. The maximum atomic E-state index is 10.9. The molecule has 0 aromatic heterocycles. The van der Waals surface area contributed by atoms with Crippen LogP contribution in [0.15, 0.2) is 90.2 Å². The molecule has 3 aliphatic carbocycles. The van der Waals surface area contributed by atoms with Crippen molar-refractivity contribution in [2.24, 2.45) is 11.8 Å². The smallest absolute Gasteiger partial charge is 0.341 e. The van der Waals surface area contributed by atoms with Crippen LogP contribution in [0.4, 0.5) is 0 Å². The fourth-order valence-corrected chi connectivity index (χ4v) is 5.02. The number of fused-ring (bicyclic) bond motifs is 3. The van der Waals surface area contributed by atoms with Crippen molar-refractivity contribution in [2.45, 2.75) is 26.2 Å². The van der Waals surface area contributed by atoms with Crippen molar-refractivity contribution in [3.8, 4) is 5.75 Å². The highest BCUT2D eigenvalue weighted by Gasteiger charge is 2.23. The SMILES string of the molecule is CC(=CC1CCc2c(cccc2OCC(=O)O)C1)NOC1=C2C=CC=CC2C=Cc2ccccc21. The van der Waals surface area contributed by atoms with Crippen LogP contribution in [-0.2, 0) is 22.5 Å². The summed E-state index contributed by atoms with van der Waals surface area (Å²) in [7, 11) is 0. The number of rotatable bonds is 7. The van der Waals surface area contributed by atoms with Gasteiger partial charge in [-0.15, -0.1) is 0 Å². The first-order valence-corrected chi connectivity index (χ1v) is 12.0. The number of allylic oxidation sites excluding steroid dienone is 8. The topological polar surface area (TPSA) is 67.8 Å². The van der Waals surface area contributed by atoms with Crippen LogP contribution < -0.4 is 10.2 Å². The van der Waals surface area contributed by atoms with E-state index in [2.05, 4.69) is 60.1 Å². The molecule has 5 nitrogen and oxygen atoms in total. The molecule has 2 N–H and O–H groups in total. The summed E-state index contributed by atoms with van der Waals surface area (Å²) in [5.41, 5.74) is 9.84. The molecule has 0 bridgehead atoms. The van der Waals surface area contributed by atoms with Crippen molar-refractivity contribution < 1.29 is 19.5 Å². The van der Waals surface area contributed by atoms with Crippen LogP contribution >= 0.6 is 0 Å². The zero-order chi connectivity index (χ0) is 24.2. The van der Waals surface area contributed by atoms with Gasteiger partial charge < -0.3 is 14.7 Å². The van der Waals surface area contributed by atoms with E-state index in [9.17, 15) is 4.79 Å². The van der Waals surface area contributed by atoms with E-state index in [0.717, 1.165) is 53.0 Å². The predicted molar refractivity (Wildman–Crippen MR) is 137 cm³/mol. The third-order valence-electron chi connectivity index (χ3n) is 6.64. The highest BCUT2D eigenvalue weighted by molar-refractivity contribution is 5.78. The molecule has 0 saturated carbocycles. The average Bonchev–Trinajstić information content (AvgIpc) is 3.03. The molecule has 0 aliphatic heterocycles. The second-order valence-corrected chi connectivity index (χ2v) is 9.13. The summed E-state index contributed by atoms with van der Waals surface area (Å²) >= 11 is 0. The Morgan fingerprint density at radius 3 is 2.89 bits per heavy atom. The second kappa shape index (κ2) is 10.1. The van der Waals surface area contributed by atoms with E-state index in [1.54, 1.807) is 0 Å². The molecule has 0 spiro atoms. The molecule has 2 aromatic carbocycles. The van der Waals surface area contributed by atoms with Crippen LogP contribution in [-0.4, -0.2) is 17.7 Å². The number of nitrogens with one attached hydrogen (secondary N) is 1. The van der Waals surface area contributed by atoms with Gasteiger partial charge in [-0.1, -0.05) is 78.9 Å². The number of hydrogen-bond donors (Lipinski definition) is 2. The number of ether oxygens (including phenoxy) is 1. The lowest BCUT2D eigenvalue weighted by molar-refractivity contribution is -0.139. The summed E-state index contributed by atoms with van der Waals surface area (Å²) < 4.78 is 5.50. The van der Waals surface area contributed by atoms with Gasteiger partial charge in [-0.2, -0.15) is 0 Å². The summed E-state index contributed by atoms with van der Waals surface area (Å²) in [5, 5.41) is 8.93. The van der Waals surface area contributed by atoms with Gasteiger partial charge in [0.05, 0.1) is 0 Å². The number of hydrogen-bond acceptors (Lipinski definition) is 4. The molecule has 5 rings (SSSR count). The fourth-order valence-electron chi connectivity index (χ4n) is 5.02. The minimum Gasteiger partial charge on any atom is -0.482 e. The Balaban J connectivity index is 1.30. The van der Waals surface area contributed by atoms with Crippen molar-refractivity contribution in [1.29, 1.82) is 0 Å². The normalized spacial score (nSPS) is 20.4. The Kier molecular flexibility index (Phi) is 6.57. The Morgan fingerprint density at radius 2 is 2.00 bits per heavy atom. The summed E-state index contributed by atoms with van der Waals surface area (Å²) in [6.45, 7) is 1.71. The van der Waals surface area contributed by atoms with E-state index < -0.39 is 5.97 Å². The molecule has 5 heteroatoms. The van der Waals surface area contributed by atoms with E-state index in [1.807, 2.05) is 37.3 Å². The van der Waals surface area contributed by atoms with Gasteiger partial charge in [0.25, 0.3) is 0 Å². The van der Waals surface area contributed by atoms with Gasteiger partial charge >= 0.3 is 5.97 Å². The van der Waals surface area contributed by atoms with Gasteiger partial charge in [-0.3, -0.25) is 0 Å². The minimum atomic E-state index is -0.963. The first-order chi connectivity index (χ1) is 17.1. The molecule has 2 atom stereocenters. The standard InChI is InChI=1S/C30H29NO4/c1-20(17-21-13-16-25-24(18-21)9-6-12-28(25)34-19-29(32)33)31-35-30-26-10-4-2-7-22(26)14-15-23-8-3-5-11-27(23)30/h2-12,14-15,17,21-22,31H,13,16,18-19H2,1H3,(H,32,33). The van der Waals surface area contributed by atoms with Crippen molar-refractivity contribution in [3.63, 3.8) is 0 Å². The maximum absolute atomic E-state index is 10.9. The first-order valence-electron chi connectivity index (χ1n) is 12.0. The summed E-state index contributed by atoms with van der Waals surface area (Å²) in [4.78, 5) is 17.2. The van der Waals surface area contributed by atoms with E-state index in [1.165, 1.54) is 5.56 Å². The quantitative estimate of drug-likeness (QED) is 0.499.